The lowest BCUT2D eigenvalue weighted by Crippen LogP contribution is -2.09. The molecule has 0 heterocycles. The van der Waals surface area contributed by atoms with Crippen LogP contribution in [-0.2, 0) is 10.0 Å². The summed E-state index contributed by atoms with van der Waals surface area (Å²) in [5, 5.41) is 9.38. The molecule has 0 atom stereocenters. The Morgan fingerprint density at radius 3 is 2.23 bits per heavy atom. The summed E-state index contributed by atoms with van der Waals surface area (Å²) in [6, 6.07) is 9.70. The van der Waals surface area contributed by atoms with Crippen LogP contribution in [0.2, 0.25) is 0 Å². The molecule has 2 rings (SSSR count). The van der Waals surface area contributed by atoms with Gasteiger partial charge in [0.25, 0.3) is 0 Å². The van der Waals surface area contributed by atoms with Gasteiger partial charge in [-0.1, -0.05) is 24.3 Å². The lowest BCUT2D eigenvalue weighted by Gasteiger charge is -2.04. The summed E-state index contributed by atoms with van der Waals surface area (Å²) in [7, 11) is -3.29. The van der Waals surface area contributed by atoms with Crippen molar-refractivity contribution in [3.8, 4) is 5.75 Å². The molecule has 0 amide bonds. The SMILES string of the molecule is Cc1cc(/C=C/c2ccc(NS(C)(=O)=O)cc2)cc(F)c1O. The minimum Gasteiger partial charge on any atom is -0.505 e. The van der Waals surface area contributed by atoms with Crippen LogP contribution in [0.15, 0.2) is 36.4 Å². The predicted octanol–water partition coefficient (Wildman–Crippen LogP) is 3.38. The average molecular weight is 321 g/mol. The van der Waals surface area contributed by atoms with Crippen molar-refractivity contribution in [2.24, 2.45) is 0 Å². The molecule has 0 unspecified atom stereocenters. The molecule has 0 spiro atoms. The number of sulfonamides is 1. The number of nitrogens with one attached hydrogen (secondary N) is 1. The first-order chi connectivity index (χ1) is 10.2. The van der Waals surface area contributed by atoms with Gasteiger partial charge in [0.2, 0.25) is 10.0 Å². The van der Waals surface area contributed by atoms with Crippen LogP contribution >= 0.6 is 0 Å². The van der Waals surface area contributed by atoms with Crippen molar-refractivity contribution in [3.63, 3.8) is 0 Å². The van der Waals surface area contributed by atoms with Gasteiger partial charge in [0.15, 0.2) is 11.6 Å². The van der Waals surface area contributed by atoms with E-state index < -0.39 is 15.8 Å². The molecule has 0 fully saturated rings. The standard InChI is InChI=1S/C16H16FNO3S/c1-11-9-13(10-15(17)16(11)19)4-3-12-5-7-14(8-6-12)18-22(2,20)21/h3-10,18-19H,1-2H3/b4-3+. The van der Waals surface area contributed by atoms with Gasteiger partial charge in [-0.05, 0) is 47.9 Å². The maximum atomic E-state index is 13.4. The van der Waals surface area contributed by atoms with Gasteiger partial charge < -0.3 is 5.11 Å². The summed E-state index contributed by atoms with van der Waals surface area (Å²) in [5.41, 5.74) is 2.41. The van der Waals surface area contributed by atoms with E-state index in [1.807, 2.05) is 0 Å². The van der Waals surface area contributed by atoms with Crippen LogP contribution < -0.4 is 4.72 Å². The number of phenolic OH excluding ortho intramolecular Hbond substituents is 1. The van der Waals surface area contributed by atoms with E-state index in [2.05, 4.69) is 4.72 Å². The number of benzene rings is 2. The normalized spacial score (nSPS) is 11.8. The Morgan fingerprint density at radius 1 is 1.09 bits per heavy atom. The molecule has 0 aliphatic carbocycles. The molecule has 2 N–H and O–H groups in total. The summed E-state index contributed by atoms with van der Waals surface area (Å²) in [6.07, 6.45) is 4.58. The Kier molecular flexibility index (Phi) is 4.51. The van der Waals surface area contributed by atoms with Crippen molar-refractivity contribution in [2.75, 3.05) is 11.0 Å². The number of hydrogen-bond acceptors (Lipinski definition) is 3. The molecule has 4 nitrogen and oxygen atoms in total. The van der Waals surface area contributed by atoms with E-state index in [1.54, 1.807) is 49.4 Å². The second-order valence-corrected chi connectivity index (χ2v) is 6.75. The van der Waals surface area contributed by atoms with E-state index in [-0.39, 0.29) is 5.75 Å². The van der Waals surface area contributed by atoms with Gasteiger partial charge in [0.05, 0.1) is 6.26 Å². The lowest BCUT2D eigenvalue weighted by atomic mass is 10.1. The highest BCUT2D eigenvalue weighted by atomic mass is 32.2. The molecule has 0 aromatic heterocycles. The first kappa shape index (κ1) is 16.0. The summed E-state index contributed by atoms with van der Waals surface area (Å²) in [6.45, 7) is 1.63. The maximum absolute atomic E-state index is 13.4. The van der Waals surface area contributed by atoms with Crippen molar-refractivity contribution in [3.05, 3.63) is 58.9 Å². The number of anilines is 1. The van der Waals surface area contributed by atoms with Crippen molar-refractivity contribution < 1.29 is 17.9 Å². The third kappa shape index (κ3) is 4.33. The Hall–Kier alpha value is -2.34. The van der Waals surface area contributed by atoms with E-state index in [9.17, 15) is 17.9 Å². The largest absolute Gasteiger partial charge is 0.505 e. The fourth-order valence-corrected chi connectivity index (χ4v) is 2.49. The van der Waals surface area contributed by atoms with Crippen LogP contribution in [-0.4, -0.2) is 19.8 Å². The monoisotopic (exact) mass is 321 g/mol. The molecule has 22 heavy (non-hydrogen) atoms. The van der Waals surface area contributed by atoms with E-state index in [1.165, 1.54) is 6.07 Å². The number of aryl methyl sites for hydroxylation is 1. The second-order valence-electron chi connectivity index (χ2n) is 5.00. The molecule has 0 saturated heterocycles. The lowest BCUT2D eigenvalue weighted by molar-refractivity contribution is 0.428. The Morgan fingerprint density at radius 2 is 1.68 bits per heavy atom. The maximum Gasteiger partial charge on any atom is 0.229 e. The molecule has 6 heteroatoms. The summed E-state index contributed by atoms with van der Waals surface area (Å²) in [5.74, 6) is -0.999. The zero-order valence-corrected chi connectivity index (χ0v) is 13.0. The predicted molar refractivity (Wildman–Crippen MR) is 86.6 cm³/mol. The van der Waals surface area contributed by atoms with Crippen LogP contribution in [0, 0.1) is 12.7 Å². The Balaban J connectivity index is 2.17. The topological polar surface area (TPSA) is 66.4 Å². The minimum absolute atomic E-state index is 0.339. The van der Waals surface area contributed by atoms with Gasteiger partial charge >= 0.3 is 0 Å². The molecular weight excluding hydrogens is 305 g/mol. The molecular formula is C16H16FNO3S. The molecule has 0 bridgehead atoms. The Labute approximate surface area is 129 Å². The van der Waals surface area contributed by atoms with Crippen LogP contribution in [0.3, 0.4) is 0 Å². The third-order valence-corrected chi connectivity index (χ3v) is 3.56. The van der Waals surface area contributed by atoms with Crippen LogP contribution in [0.4, 0.5) is 10.1 Å². The zero-order chi connectivity index (χ0) is 16.3. The summed E-state index contributed by atoms with van der Waals surface area (Å²) < 4.78 is 38.0. The van der Waals surface area contributed by atoms with Gasteiger partial charge in [-0.15, -0.1) is 0 Å². The quantitative estimate of drug-likeness (QED) is 0.848. The fourth-order valence-electron chi connectivity index (χ4n) is 1.93. The number of rotatable bonds is 4. The van der Waals surface area contributed by atoms with Gasteiger partial charge in [0.1, 0.15) is 0 Å². The second kappa shape index (κ2) is 6.19. The van der Waals surface area contributed by atoms with Gasteiger partial charge in [-0.2, -0.15) is 0 Å². The highest BCUT2D eigenvalue weighted by Gasteiger charge is 2.04. The van der Waals surface area contributed by atoms with Crippen LogP contribution in [0.5, 0.6) is 5.75 Å². The summed E-state index contributed by atoms with van der Waals surface area (Å²) in [4.78, 5) is 0. The van der Waals surface area contributed by atoms with Gasteiger partial charge in [0, 0.05) is 5.69 Å². The fraction of sp³-hybridized carbons (Fsp3) is 0.125. The minimum atomic E-state index is -3.29. The first-order valence-electron chi connectivity index (χ1n) is 6.50. The van der Waals surface area contributed by atoms with Crippen LogP contribution in [0.25, 0.3) is 12.2 Å². The molecule has 0 radical (unpaired) electrons. The Bertz CT molecular complexity index is 789. The zero-order valence-electron chi connectivity index (χ0n) is 12.2. The highest BCUT2D eigenvalue weighted by molar-refractivity contribution is 7.92. The van der Waals surface area contributed by atoms with Crippen molar-refractivity contribution in [1.82, 2.24) is 0 Å². The van der Waals surface area contributed by atoms with Gasteiger partial charge in [-0.3, -0.25) is 4.72 Å². The molecule has 116 valence electrons. The number of hydrogen-bond donors (Lipinski definition) is 2. The van der Waals surface area contributed by atoms with Gasteiger partial charge in [-0.25, -0.2) is 12.8 Å². The van der Waals surface area contributed by atoms with Crippen molar-refractivity contribution >= 4 is 27.9 Å². The van der Waals surface area contributed by atoms with E-state index >= 15 is 0 Å². The number of halogens is 1. The van der Waals surface area contributed by atoms with Crippen molar-refractivity contribution in [2.45, 2.75) is 6.92 Å². The molecule has 0 aliphatic heterocycles. The number of phenols is 1. The van der Waals surface area contributed by atoms with Crippen molar-refractivity contribution in [1.29, 1.82) is 0 Å². The molecule has 2 aromatic rings. The third-order valence-electron chi connectivity index (χ3n) is 2.96. The number of aromatic hydroxyl groups is 1. The van der Waals surface area contributed by atoms with E-state index in [0.29, 0.717) is 16.8 Å². The van der Waals surface area contributed by atoms with Crippen LogP contribution in [0.1, 0.15) is 16.7 Å². The van der Waals surface area contributed by atoms with E-state index in [0.717, 1.165) is 11.8 Å². The molecule has 0 saturated carbocycles. The highest BCUT2D eigenvalue weighted by Crippen LogP contribution is 2.23. The average Bonchev–Trinajstić information content (AvgIpc) is 2.42. The molecule has 0 aliphatic rings. The summed E-state index contributed by atoms with van der Waals surface area (Å²) >= 11 is 0. The first-order valence-corrected chi connectivity index (χ1v) is 8.39. The molecule has 2 aromatic carbocycles. The van der Waals surface area contributed by atoms with E-state index in [4.69, 9.17) is 0 Å². The smallest absolute Gasteiger partial charge is 0.229 e.